The molecule has 1 heterocycles. The Bertz CT molecular complexity index is 154. The highest BCUT2D eigenvalue weighted by atomic mass is 15.2. The van der Waals surface area contributed by atoms with Crippen LogP contribution in [0.3, 0.4) is 0 Å². The van der Waals surface area contributed by atoms with Crippen molar-refractivity contribution in [3.05, 3.63) is 0 Å². The van der Waals surface area contributed by atoms with Crippen molar-refractivity contribution in [2.75, 3.05) is 26.2 Å². The summed E-state index contributed by atoms with van der Waals surface area (Å²) in [5, 5.41) is 0. The molecule has 0 saturated carbocycles. The first-order valence-electron chi connectivity index (χ1n) is 5.50. The van der Waals surface area contributed by atoms with Gasteiger partial charge in [0.05, 0.1) is 0 Å². The van der Waals surface area contributed by atoms with E-state index in [1.54, 1.807) is 0 Å². The summed E-state index contributed by atoms with van der Waals surface area (Å²) in [7, 11) is 0. The minimum absolute atomic E-state index is 0.476. The number of hydrogen-bond donors (Lipinski definition) is 1. The molecule has 1 unspecified atom stereocenters. The van der Waals surface area contributed by atoms with Crippen LogP contribution in [-0.2, 0) is 0 Å². The molecule has 13 heavy (non-hydrogen) atoms. The van der Waals surface area contributed by atoms with Gasteiger partial charge in [-0.25, -0.2) is 0 Å². The van der Waals surface area contributed by atoms with Crippen molar-refractivity contribution in [3.8, 4) is 0 Å². The van der Waals surface area contributed by atoms with Crippen LogP contribution in [0.1, 0.15) is 33.6 Å². The van der Waals surface area contributed by atoms with E-state index in [4.69, 9.17) is 5.73 Å². The van der Waals surface area contributed by atoms with Crippen LogP contribution >= 0.6 is 0 Å². The van der Waals surface area contributed by atoms with Crippen LogP contribution < -0.4 is 5.73 Å². The summed E-state index contributed by atoms with van der Waals surface area (Å²) in [6.07, 6.45) is 2.56. The van der Waals surface area contributed by atoms with Crippen LogP contribution in [-0.4, -0.2) is 31.1 Å². The van der Waals surface area contributed by atoms with Crippen LogP contribution in [0.4, 0.5) is 0 Å². The molecule has 1 aliphatic heterocycles. The summed E-state index contributed by atoms with van der Waals surface area (Å²) in [4.78, 5) is 2.57. The SMILES string of the molecule is CCC(C)(C)CN1CCC(CN)C1. The molecule has 0 bridgehead atoms. The lowest BCUT2D eigenvalue weighted by Gasteiger charge is -2.29. The maximum absolute atomic E-state index is 5.67. The molecule has 1 atom stereocenters. The van der Waals surface area contributed by atoms with E-state index in [-0.39, 0.29) is 0 Å². The van der Waals surface area contributed by atoms with Crippen molar-refractivity contribution < 1.29 is 0 Å². The fraction of sp³-hybridized carbons (Fsp3) is 1.00. The van der Waals surface area contributed by atoms with Crippen molar-refractivity contribution in [3.63, 3.8) is 0 Å². The zero-order valence-electron chi connectivity index (χ0n) is 9.34. The summed E-state index contributed by atoms with van der Waals surface area (Å²) in [5.41, 5.74) is 6.14. The molecule has 0 radical (unpaired) electrons. The van der Waals surface area contributed by atoms with Gasteiger partial charge in [0.1, 0.15) is 0 Å². The molecular formula is C11H24N2. The first-order valence-corrected chi connectivity index (χ1v) is 5.50. The second kappa shape index (κ2) is 4.43. The Hall–Kier alpha value is -0.0800. The van der Waals surface area contributed by atoms with Crippen molar-refractivity contribution in [1.82, 2.24) is 4.90 Å². The molecule has 2 nitrogen and oxygen atoms in total. The van der Waals surface area contributed by atoms with Gasteiger partial charge in [-0.05, 0) is 37.3 Å². The van der Waals surface area contributed by atoms with E-state index in [2.05, 4.69) is 25.7 Å². The number of hydrogen-bond acceptors (Lipinski definition) is 2. The fourth-order valence-corrected chi connectivity index (χ4v) is 1.97. The van der Waals surface area contributed by atoms with Gasteiger partial charge in [0.15, 0.2) is 0 Å². The minimum Gasteiger partial charge on any atom is -0.330 e. The number of rotatable bonds is 4. The number of likely N-dealkylation sites (tertiary alicyclic amines) is 1. The molecule has 1 fully saturated rings. The molecule has 78 valence electrons. The molecule has 2 N–H and O–H groups in total. The predicted octanol–water partition coefficient (Wildman–Crippen LogP) is 1.70. The van der Waals surface area contributed by atoms with Gasteiger partial charge in [-0.3, -0.25) is 0 Å². The van der Waals surface area contributed by atoms with E-state index >= 15 is 0 Å². The fourth-order valence-electron chi connectivity index (χ4n) is 1.97. The van der Waals surface area contributed by atoms with Crippen LogP contribution in [0.2, 0.25) is 0 Å². The quantitative estimate of drug-likeness (QED) is 0.720. The van der Waals surface area contributed by atoms with Crippen molar-refractivity contribution in [2.24, 2.45) is 17.1 Å². The van der Waals surface area contributed by atoms with Gasteiger partial charge in [-0.2, -0.15) is 0 Å². The Balaban J connectivity index is 2.31. The van der Waals surface area contributed by atoms with Gasteiger partial charge < -0.3 is 10.6 Å². The zero-order chi connectivity index (χ0) is 9.90. The smallest absolute Gasteiger partial charge is 0.00327 e. The highest BCUT2D eigenvalue weighted by molar-refractivity contribution is 4.80. The van der Waals surface area contributed by atoms with Gasteiger partial charge in [0.2, 0.25) is 0 Å². The molecule has 1 rings (SSSR count). The van der Waals surface area contributed by atoms with E-state index in [1.165, 1.54) is 32.5 Å². The Morgan fingerprint density at radius 3 is 2.62 bits per heavy atom. The monoisotopic (exact) mass is 184 g/mol. The number of nitrogens with two attached hydrogens (primary N) is 1. The van der Waals surface area contributed by atoms with E-state index in [9.17, 15) is 0 Å². The van der Waals surface area contributed by atoms with Crippen molar-refractivity contribution >= 4 is 0 Å². The Labute approximate surface area is 82.5 Å². The average Bonchev–Trinajstić information content (AvgIpc) is 2.52. The summed E-state index contributed by atoms with van der Waals surface area (Å²) >= 11 is 0. The average molecular weight is 184 g/mol. The molecule has 0 aromatic carbocycles. The van der Waals surface area contributed by atoms with E-state index < -0.39 is 0 Å². The third-order valence-corrected chi connectivity index (χ3v) is 3.31. The first kappa shape index (κ1) is 11.0. The van der Waals surface area contributed by atoms with Crippen molar-refractivity contribution in [1.29, 1.82) is 0 Å². The lowest BCUT2D eigenvalue weighted by atomic mass is 9.90. The topological polar surface area (TPSA) is 29.3 Å². The molecule has 2 heteroatoms. The lowest BCUT2D eigenvalue weighted by molar-refractivity contribution is 0.199. The summed E-state index contributed by atoms with van der Waals surface area (Å²) in [5.74, 6) is 0.757. The largest absolute Gasteiger partial charge is 0.330 e. The van der Waals surface area contributed by atoms with Gasteiger partial charge in [-0.15, -0.1) is 0 Å². The van der Waals surface area contributed by atoms with Crippen LogP contribution in [0.25, 0.3) is 0 Å². The third-order valence-electron chi connectivity index (χ3n) is 3.31. The highest BCUT2D eigenvalue weighted by Crippen LogP contribution is 2.24. The third kappa shape index (κ3) is 3.28. The summed E-state index contributed by atoms with van der Waals surface area (Å²) in [6, 6.07) is 0. The Kier molecular flexibility index (Phi) is 3.74. The predicted molar refractivity (Wildman–Crippen MR) is 57.7 cm³/mol. The zero-order valence-corrected chi connectivity index (χ0v) is 9.34. The molecule has 0 aliphatic carbocycles. The van der Waals surface area contributed by atoms with Gasteiger partial charge >= 0.3 is 0 Å². The molecule has 0 aromatic heterocycles. The Morgan fingerprint density at radius 2 is 2.15 bits per heavy atom. The molecule has 0 amide bonds. The summed E-state index contributed by atoms with van der Waals surface area (Å²) in [6.45, 7) is 11.6. The molecular weight excluding hydrogens is 160 g/mol. The maximum Gasteiger partial charge on any atom is 0.00327 e. The van der Waals surface area contributed by atoms with Gasteiger partial charge in [-0.1, -0.05) is 20.8 Å². The lowest BCUT2D eigenvalue weighted by Crippen LogP contribution is -2.33. The first-order chi connectivity index (χ1) is 6.07. The Morgan fingerprint density at radius 1 is 1.46 bits per heavy atom. The van der Waals surface area contributed by atoms with E-state index in [1.807, 2.05) is 0 Å². The minimum atomic E-state index is 0.476. The second-order valence-corrected chi connectivity index (χ2v) is 5.14. The normalized spacial score (nSPS) is 25.4. The van der Waals surface area contributed by atoms with Crippen molar-refractivity contribution in [2.45, 2.75) is 33.6 Å². The maximum atomic E-state index is 5.67. The second-order valence-electron chi connectivity index (χ2n) is 5.14. The van der Waals surface area contributed by atoms with E-state index in [0.717, 1.165) is 12.5 Å². The number of nitrogens with zero attached hydrogens (tertiary/aromatic N) is 1. The highest BCUT2D eigenvalue weighted by Gasteiger charge is 2.26. The van der Waals surface area contributed by atoms with Gasteiger partial charge in [0.25, 0.3) is 0 Å². The van der Waals surface area contributed by atoms with E-state index in [0.29, 0.717) is 5.41 Å². The van der Waals surface area contributed by atoms with Crippen LogP contribution in [0.5, 0.6) is 0 Å². The molecule has 0 spiro atoms. The molecule has 1 saturated heterocycles. The van der Waals surface area contributed by atoms with Crippen LogP contribution in [0.15, 0.2) is 0 Å². The molecule has 1 aliphatic rings. The van der Waals surface area contributed by atoms with Gasteiger partial charge in [0, 0.05) is 13.1 Å². The summed E-state index contributed by atoms with van der Waals surface area (Å²) < 4.78 is 0. The molecule has 0 aromatic rings. The standard InChI is InChI=1S/C11H24N2/c1-4-11(2,3)9-13-6-5-10(7-12)8-13/h10H,4-9,12H2,1-3H3. The van der Waals surface area contributed by atoms with Crippen LogP contribution in [0, 0.1) is 11.3 Å².